The highest BCUT2D eigenvalue weighted by Gasteiger charge is 2.30. The number of alkyl halides is 3. The molecule has 34 heavy (non-hydrogen) atoms. The van der Waals surface area contributed by atoms with E-state index in [9.17, 15) is 21.6 Å². The fraction of sp³-hybridized carbons (Fsp3) is 0.0800. The second-order valence-electron chi connectivity index (χ2n) is 7.83. The van der Waals surface area contributed by atoms with Gasteiger partial charge in [-0.15, -0.1) is 0 Å². The smallest absolute Gasteiger partial charge is 0.261 e. The lowest BCUT2D eigenvalue weighted by Gasteiger charge is -2.08. The molecule has 1 N–H and O–H groups in total. The Hall–Kier alpha value is -3.85. The molecule has 0 saturated carbocycles. The zero-order valence-corrected chi connectivity index (χ0v) is 18.4. The van der Waals surface area contributed by atoms with Crippen LogP contribution >= 0.6 is 0 Å². The number of para-hydroxylation sites is 1. The van der Waals surface area contributed by atoms with Crippen molar-refractivity contribution >= 4 is 37.5 Å². The van der Waals surface area contributed by atoms with Gasteiger partial charge in [-0.1, -0.05) is 54.6 Å². The van der Waals surface area contributed by atoms with Gasteiger partial charge in [0.25, 0.3) is 10.0 Å². The molecule has 0 radical (unpaired) electrons. The number of fused-ring (bicyclic) bond motifs is 2. The summed E-state index contributed by atoms with van der Waals surface area (Å²) in [6, 6.07) is 24.2. The number of anilines is 1. The van der Waals surface area contributed by atoms with Gasteiger partial charge in [0.2, 0.25) is 0 Å². The summed E-state index contributed by atoms with van der Waals surface area (Å²) in [4.78, 5) is 0.104. The quantitative estimate of drug-likeness (QED) is 0.332. The zero-order valence-electron chi connectivity index (χ0n) is 17.6. The topological polar surface area (TPSA) is 64.0 Å². The van der Waals surface area contributed by atoms with Crippen LogP contribution < -0.4 is 4.72 Å². The van der Waals surface area contributed by atoms with E-state index >= 15 is 0 Å². The second-order valence-corrected chi connectivity index (χ2v) is 9.51. The van der Waals surface area contributed by atoms with Crippen molar-refractivity contribution in [1.29, 1.82) is 0 Å². The molecule has 0 amide bonds. The van der Waals surface area contributed by atoms with Crippen LogP contribution in [0.3, 0.4) is 0 Å². The molecule has 1 heterocycles. The van der Waals surface area contributed by atoms with Crippen LogP contribution in [0.15, 0.2) is 95.9 Å². The lowest BCUT2D eigenvalue weighted by Crippen LogP contribution is -2.14. The molecule has 5 rings (SSSR count). The van der Waals surface area contributed by atoms with Gasteiger partial charge < -0.3 is 0 Å². The van der Waals surface area contributed by atoms with Gasteiger partial charge in [-0.25, -0.2) is 8.42 Å². The maximum atomic E-state index is 13.1. The number of sulfonamides is 1. The number of nitrogens with zero attached hydrogens (tertiary/aromatic N) is 2. The number of rotatable bonds is 5. The van der Waals surface area contributed by atoms with Crippen molar-refractivity contribution in [2.24, 2.45) is 0 Å². The molecular weight excluding hydrogens is 463 g/mol. The maximum absolute atomic E-state index is 13.1. The number of halogens is 3. The van der Waals surface area contributed by atoms with Crippen molar-refractivity contribution in [2.75, 3.05) is 4.72 Å². The van der Waals surface area contributed by atoms with Gasteiger partial charge >= 0.3 is 6.18 Å². The summed E-state index contributed by atoms with van der Waals surface area (Å²) in [7, 11) is -3.93. The van der Waals surface area contributed by atoms with Gasteiger partial charge in [0.05, 0.1) is 22.5 Å². The summed E-state index contributed by atoms with van der Waals surface area (Å²) in [6.45, 7) is 0.177. The van der Waals surface area contributed by atoms with Gasteiger partial charge in [0, 0.05) is 5.39 Å². The second kappa shape index (κ2) is 8.18. The first kappa shape index (κ1) is 22.0. The molecule has 0 spiro atoms. The van der Waals surface area contributed by atoms with Crippen molar-refractivity contribution in [1.82, 2.24) is 9.78 Å². The van der Waals surface area contributed by atoms with Gasteiger partial charge in [0.1, 0.15) is 0 Å². The Labute approximate surface area is 193 Å². The van der Waals surface area contributed by atoms with E-state index in [-0.39, 0.29) is 17.3 Å². The summed E-state index contributed by atoms with van der Waals surface area (Å²) in [5.41, 5.74) is 0.522. The van der Waals surface area contributed by atoms with Crippen molar-refractivity contribution in [3.8, 4) is 0 Å². The molecule has 0 aliphatic rings. The fourth-order valence-corrected chi connectivity index (χ4v) is 4.87. The van der Waals surface area contributed by atoms with Crippen LogP contribution in [0, 0.1) is 0 Å². The minimum Gasteiger partial charge on any atom is -0.261 e. The van der Waals surface area contributed by atoms with Gasteiger partial charge in [-0.2, -0.15) is 18.3 Å². The molecule has 0 fully saturated rings. The van der Waals surface area contributed by atoms with Crippen molar-refractivity contribution < 1.29 is 21.6 Å². The standard InChI is InChI=1S/C25H18F3N3O2S/c26-25(27,28)20-12-9-17(10-13-20)16-31-23-8-4-3-7-22(23)24(29-31)30-34(32,33)21-14-11-18-5-1-2-6-19(18)15-21/h1-15H,16H2,(H,29,30). The summed E-state index contributed by atoms with van der Waals surface area (Å²) in [5, 5.41) is 6.73. The van der Waals surface area contributed by atoms with Crippen LogP contribution in [0.5, 0.6) is 0 Å². The molecule has 1 aromatic heterocycles. The van der Waals surface area contributed by atoms with E-state index in [2.05, 4.69) is 9.82 Å². The fourth-order valence-electron chi connectivity index (χ4n) is 3.82. The molecule has 5 nitrogen and oxygen atoms in total. The minimum atomic E-state index is -4.41. The largest absolute Gasteiger partial charge is 0.416 e. The SMILES string of the molecule is O=S(=O)(Nc1nn(Cc2ccc(C(F)(F)F)cc2)c2ccccc12)c1ccc2ccccc2c1. The monoisotopic (exact) mass is 481 g/mol. The molecule has 0 aliphatic heterocycles. The minimum absolute atomic E-state index is 0.104. The van der Waals surface area contributed by atoms with Gasteiger partial charge in [-0.3, -0.25) is 9.40 Å². The Morgan fingerprint density at radius 3 is 2.24 bits per heavy atom. The van der Waals surface area contributed by atoms with Crippen LogP contribution in [0.25, 0.3) is 21.7 Å². The van der Waals surface area contributed by atoms with Crippen LogP contribution in [-0.2, 0) is 22.7 Å². The Morgan fingerprint density at radius 1 is 0.824 bits per heavy atom. The average Bonchev–Trinajstić information content (AvgIpc) is 3.15. The number of nitrogens with one attached hydrogen (secondary N) is 1. The van der Waals surface area contributed by atoms with Crippen molar-refractivity contribution in [3.63, 3.8) is 0 Å². The lowest BCUT2D eigenvalue weighted by molar-refractivity contribution is -0.137. The number of hydrogen-bond acceptors (Lipinski definition) is 3. The normalized spacial score (nSPS) is 12.3. The van der Waals surface area contributed by atoms with E-state index in [1.165, 1.54) is 18.2 Å². The Morgan fingerprint density at radius 2 is 1.50 bits per heavy atom. The molecule has 0 unspecified atom stereocenters. The van der Waals surface area contributed by atoms with Crippen LogP contribution in [-0.4, -0.2) is 18.2 Å². The van der Waals surface area contributed by atoms with E-state index in [1.54, 1.807) is 41.1 Å². The molecule has 4 aromatic carbocycles. The number of aromatic nitrogens is 2. The predicted molar refractivity (Wildman–Crippen MR) is 125 cm³/mol. The van der Waals surface area contributed by atoms with E-state index in [0.29, 0.717) is 16.5 Å². The molecule has 0 atom stereocenters. The average molecular weight is 481 g/mol. The van der Waals surface area contributed by atoms with E-state index < -0.39 is 21.8 Å². The van der Waals surface area contributed by atoms with Crippen LogP contribution in [0.2, 0.25) is 0 Å². The molecule has 5 aromatic rings. The Bertz CT molecular complexity index is 1610. The first-order valence-electron chi connectivity index (χ1n) is 10.3. The van der Waals surface area contributed by atoms with Gasteiger partial charge in [-0.05, 0) is 52.7 Å². The van der Waals surface area contributed by atoms with E-state index in [4.69, 9.17) is 0 Å². The summed E-state index contributed by atoms with van der Waals surface area (Å²) >= 11 is 0. The molecule has 0 bridgehead atoms. The Balaban J connectivity index is 1.48. The number of benzene rings is 4. The zero-order chi connectivity index (χ0) is 23.9. The highest BCUT2D eigenvalue weighted by atomic mass is 32.2. The molecule has 0 aliphatic carbocycles. The van der Waals surface area contributed by atoms with E-state index in [1.807, 2.05) is 24.3 Å². The Kier molecular flexibility index (Phi) is 5.28. The first-order valence-corrected chi connectivity index (χ1v) is 11.8. The van der Waals surface area contributed by atoms with Crippen molar-refractivity contribution in [2.45, 2.75) is 17.6 Å². The third kappa shape index (κ3) is 4.22. The maximum Gasteiger partial charge on any atom is 0.416 e. The molecule has 9 heteroatoms. The third-order valence-corrected chi connectivity index (χ3v) is 6.87. The van der Waals surface area contributed by atoms with Crippen molar-refractivity contribution in [3.05, 3.63) is 102 Å². The van der Waals surface area contributed by atoms with Gasteiger partial charge in [0.15, 0.2) is 5.82 Å². The first-order chi connectivity index (χ1) is 16.2. The predicted octanol–water partition coefficient (Wildman–Crippen LogP) is 6.06. The van der Waals surface area contributed by atoms with Crippen LogP contribution in [0.4, 0.5) is 19.0 Å². The summed E-state index contributed by atoms with van der Waals surface area (Å²) in [6.07, 6.45) is -4.41. The molecule has 0 saturated heterocycles. The third-order valence-electron chi connectivity index (χ3n) is 5.53. The lowest BCUT2D eigenvalue weighted by atomic mass is 10.1. The highest BCUT2D eigenvalue weighted by Crippen LogP contribution is 2.30. The summed E-state index contributed by atoms with van der Waals surface area (Å²) < 4.78 is 69.0. The number of hydrogen-bond donors (Lipinski definition) is 1. The van der Waals surface area contributed by atoms with E-state index in [0.717, 1.165) is 22.9 Å². The van der Waals surface area contributed by atoms with Crippen LogP contribution in [0.1, 0.15) is 11.1 Å². The highest BCUT2D eigenvalue weighted by molar-refractivity contribution is 7.92. The summed E-state index contributed by atoms with van der Waals surface area (Å²) in [5.74, 6) is 0.149. The molecule has 172 valence electrons. The molecular formula is C25H18F3N3O2S.